The summed E-state index contributed by atoms with van der Waals surface area (Å²) < 4.78 is 27.4. The van der Waals surface area contributed by atoms with E-state index in [0.29, 0.717) is 5.69 Å². The molecule has 0 saturated heterocycles. The van der Waals surface area contributed by atoms with Crippen LogP contribution < -0.4 is 10.0 Å². The zero-order valence-corrected chi connectivity index (χ0v) is 14.9. The third-order valence-electron chi connectivity index (χ3n) is 3.30. The number of sulfonamides is 1. The Balaban J connectivity index is 2.13. The van der Waals surface area contributed by atoms with Crippen molar-refractivity contribution >= 4 is 21.4 Å². The van der Waals surface area contributed by atoms with Gasteiger partial charge in [0.2, 0.25) is 0 Å². The zero-order chi connectivity index (χ0) is 17.1. The van der Waals surface area contributed by atoms with Crippen LogP contribution in [0.4, 0.5) is 11.4 Å². The highest BCUT2D eigenvalue weighted by Gasteiger charge is 2.14. The SMILES string of the molecule is CCc1ccc(S(=O)(=O)Nc2ccc(NC(C)(C)C)cc2)cc1. The maximum absolute atomic E-state index is 12.4. The Morgan fingerprint density at radius 3 is 1.87 bits per heavy atom. The van der Waals surface area contributed by atoms with Crippen molar-refractivity contribution in [3.05, 3.63) is 54.1 Å². The van der Waals surface area contributed by atoms with E-state index in [1.165, 1.54) is 0 Å². The van der Waals surface area contributed by atoms with Crippen LogP contribution >= 0.6 is 0 Å². The van der Waals surface area contributed by atoms with E-state index in [0.717, 1.165) is 17.7 Å². The first kappa shape index (κ1) is 17.3. The van der Waals surface area contributed by atoms with Gasteiger partial charge < -0.3 is 5.32 Å². The fourth-order valence-corrected chi connectivity index (χ4v) is 3.23. The molecular weight excluding hydrogens is 308 g/mol. The molecule has 0 heterocycles. The number of rotatable bonds is 5. The van der Waals surface area contributed by atoms with Gasteiger partial charge in [-0.05, 0) is 69.2 Å². The van der Waals surface area contributed by atoms with Gasteiger partial charge in [-0.3, -0.25) is 4.72 Å². The highest BCUT2D eigenvalue weighted by molar-refractivity contribution is 7.92. The number of anilines is 2. The zero-order valence-electron chi connectivity index (χ0n) is 14.1. The Hall–Kier alpha value is -2.01. The summed E-state index contributed by atoms with van der Waals surface area (Å²) in [6.45, 7) is 8.26. The molecule has 0 bridgehead atoms. The second-order valence-corrected chi connectivity index (χ2v) is 8.24. The number of benzene rings is 2. The van der Waals surface area contributed by atoms with Crippen molar-refractivity contribution < 1.29 is 8.42 Å². The van der Waals surface area contributed by atoms with Crippen LogP contribution in [-0.4, -0.2) is 14.0 Å². The van der Waals surface area contributed by atoms with Gasteiger partial charge >= 0.3 is 0 Å². The smallest absolute Gasteiger partial charge is 0.261 e. The normalized spacial score (nSPS) is 12.0. The van der Waals surface area contributed by atoms with E-state index in [1.54, 1.807) is 24.3 Å². The first-order chi connectivity index (χ1) is 10.7. The summed E-state index contributed by atoms with van der Waals surface area (Å²) >= 11 is 0. The van der Waals surface area contributed by atoms with Crippen molar-refractivity contribution in [1.29, 1.82) is 0 Å². The Bertz CT molecular complexity index is 743. The average molecular weight is 332 g/mol. The third-order valence-corrected chi connectivity index (χ3v) is 4.70. The molecule has 0 aliphatic heterocycles. The summed E-state index contributed by atoms with van der Waals surface area (Å²) in [5.74, 6) is 0. The Morgan fingerprint density at radius 1 is 0.870 bits per heavy atom. The van der Waals surface area contributed by atoms with Gasteiger partial charge in [-0.25, -0.2) is 8.42 Å². The summed E-state index contributed by atoms with van der Waals surface area (Å²) in [6, 6.07) is 14.2. The molecule has 0 spiro atoms. The van der Waals surface area contributed by atoms with E-state index in [1.807, 2.05) is 31.2 Å². The van der Waals surface area contributed by atoms with E-state index in [9.17, 15) is 8.42 Å². The molecule has 0 atom stereocenters. The Morgan fingerprint density at radius 2 is 1.39 bits per heavy atom. The maximum Gasteiger partial charge on any atom is 0.261 e. The molecular formula is C18H24N2O2S. The summed E-state index contributed by atoms with van der Waals surface area (Å²) in [5.41, 5.74) is 2.57. The number of aryl methyl sites for hydroxylation is 1. The van der Waals surface area contributed by atoms with Crippen LogP contribution in [-0.2, 0) is 16.4 Å². The molecule has 124 valence electrons. The molecule has 2 aromatic rings. The second-order valence-electron chi connectivity index (χ2n) is 6.56. The lowest BCUT2D eigenvalue weighted by Crippen LogP contribution is -2.25. The maximum atomic E-state index is 12.4. The molecule has 2 rings (SSSR count). The monoisotopic (exact) mass is 332 g/mol. The quantitative estimate of drug-likeness (QED) is 0.860. The van der Waals surface area contributed by atoms with E-state index in [2.05, 4.69) is 30.8 Å². The molecule has 2 aromatic carbocycles. The van der Waals surface area contributed by atoms with E-state index in [4.69, 9.17) is 0 Å². The summed E-state index contributed by atoms with van der Waals surface area (Å²) in [5, 5.41) is 3.34. The predicted molar refractivity (Wildman–Crippen MR) is 96.4 cm³/mol. The summed E-state index contributed by atoms with van der Waals surface area (Å²) in [7, 11) is -3.56. The highest BCUT2D eigenvalue weighted by Crippen LogP contribution is 2.20. The van der Waals surface area contributed by atoms with Gasteiger partial charge in [0, 0.05) is 16.9 Å². The van der Waals surface area contributed by atoms with Crippen molar-refractivity contribution in [3.63, 3.8) is 0 Å². The Labute approximate surface area is 139 Å². The molecule has 5 heteroatoms. The third kappa shape index (κ3) is 4.99. The molecule has 2 N–H and O–H groups in total. The van der Waals surface area contributed by atoms with Crippen molar-refractivity contribution in [2.75, 3.05) is 10.0 Å². The molecule has 23 heavy (non-hydrogen) atoms. The van der Waals surface area contributed by atoms with Crippen molar-refractivity contribution in [2.45, 2.75) is 44.6 Å². The van der Waals surface area contributed by atoms with Crippen molar-refractivity contribution in [2.24, 2.45) is 0 Å². The van der Waals surface area contributed by atoms with Gasteiger partial charge in [0.25, 0.3) is 10.0 Å². The van der Waals surface area contributed by atoms with Gasteiger partial charge in [-0.1, -0.05) is 19.1 Å². The molecule has 0 amide bonds. The van der Waals surface area contributed by atoms with E-state index < -0.39 is 10.0 Å². The van der Waals surface area contributed by atoms with Crippen LogP contribution in [0.5, 0.6) is 0 Å². The Kier molecular flexibility index (Phi) is 5.00. The molecule has 0 radical (unpaired) electrons. The van der Waals surface area contributed by atoms with Crippen LogP contribution in [0.3, 0.4) is 0 Å². The topological polar surface area (TPSA) is 58.2 Å². The lowest BCUT2D eigenvalue weighted by Gasteiger charge is -2.22. The fourth-order valence-electron chi connectivity index (χ4n) is 2.17. The van der Waals surface area contributed by atoms with Gasteiger partial charge in [0.1, 0.15) is 0 Å². The summed E-state index contributed by atoms with van der Waals surface area (Å²) in [6.07, 6.45) is 0.885. The second kappa shape index (κ2) is 6.62. The van der Waals surface area contributed by atoms with Crippen LogP contribution in [0.1, 0.15) is 33.3 Å². The molecule has 0 aromatic heterocycles. The first-order valence-electron chi connectivity index (χ1n) is 7.69. The number of hydrogen-bond acceptors (Lipinski definition) is 3. The molecule has 0 fully saturated rings. The first-order valence-corrected chi connectivity index (χ1v) is 9.18. The van der Waals surface area contributed by atoms with Crippen LogP contribution in [0.15, 0.2) is 53.4 Å². The minimum atomic E-state index is -3.56. The van der Waals surface area contributed by atoms with Crippen LogP contribution in [0.25, 0.3) is 0 Å². The largest absolute Gasteiger partial charge is 0.380 e. The van der Waals surface area contributed by atoms with Crippen LogP contribution in [0, 0.1) is 0 Å². The number of hydrogen-bond donors (Lipinski definition) is 2. The minimum absolute atomic E-state index is 0.0396. The van der Waals surface area contributed by atoms with Crippen molar-refractivity contribution in [1.82, 2.24) is 0 Å². The van der Waals surface area contributed by atoms with Gasteiger partial charge in [0.15, 0.2) is 0 Å². The predicted octanol–water partition coefficient (Wildman–Crippen LogP) is 4.26. The molecule has 4 nitrogen and oxygen atoms in total. The van der Waals surface area contributed by atoms with E-state index >= 15 is 0 Å². The highest BCUT2D eigenvalue weighted by atomic mass is 32.2. The molecule has 0 unspecified atom stereocenters. The van der Waals surface area contributed by atoms with Crippen LogP contribution in [0.2, 0.25) is 0 Å². The number of nitrogens with one attached hydrogen (secondary N) is 2. The van der Waals surface area contributed by atoms with E-state index in [-0.39, 0.29) is 10.4 Å². The standard InChI is InChI=1S/C18H24N2O2S/c1-5-14-6-12-17(13-7-14)23(21,22)20-16-10-8-15(9-11-16)19-18(2,3)4/h6-13,19-20H,5H2,1-4H3. The van der Waals surface area contributed by atoms with Crippen molar-refractivity contribution in [3.8, 4) is 0 Å². The van der Waals surface area contributed by atoms with Gasteiger partial charge in [0.05, 0.1) is 4.90 Å². The molecule has 0 saturated carbocycles. The minimum Gasteiger partial charge on any atom is -0.380 e. The molecule has 0 aliphatic rings. The fraction of sp³-hybridized carbons (Fsp3) is 0.333. The lowest BCUT2D eigenvalue weighted by atomic mass is 10.1. The molecule has 0 aliphatic carbocycles. The van der Waals surface area contributed by atoms with Gasteiger partial charge in [-0.15, -0.1) is 0 Å². The lowest BCUT2D eigenvalue weighted by molar-refractivity contribution is 0.601. The average Bonchev–Trinajstić information content (AvgIpc) is 2.48. The van der Waals surface area contributed by atoms with Gasteiger partial charge in [-0.2, -0.15) is 0 Å². The summed E-state index contributed by atoms with van der Waals surface area (Å²) in [4.78, 5) is 0.270.